The van der Waals surface area contributed by atoms with Gasteiger partial charge in [-0.05, 0) is 31.8 Å². The van der Waals surface area contributed by atoms with Crippen LogP contribution in [0.3, 0.4) is 0 Å². The first-order chi connectivity index (χ1) is 20.9. The molecule has 0 heterocycles. The minimum absolute atomic E-state index is 0.00946. The van der Waals surface area contributed by atoms with E-state index in [1.54, 1.807) is 0 Å². The van der Waals surface area contributed by atoms with Crippen molar-refractivity contribution in [2.24, 2.45) is 5.92 Å². The molecule has 3 atom stereocenters. The molecule has 43 heavy (non-hydrogen) atoms. The molecule has 0 bridgehead atoms. The average Bonchev–Trinajstić information content (AvgIpc) is 2.98. The molecule has 0 aromatic carbocycles. The van der Waals surface area contributed by atoms with E-state index < -0.39 is 37.0 Å². The molecule has 0 aromatic heterocycles. The van der Waals surface area contributed by atoms with Crippen molar-refractivity contribution in [2.75, 3.05) is 6.61 Å². The number of rotatable bonds is 33. The van der Waals surface area contributed by atoms with Crippen LogP contribution in [0.1, 0.15) is 188 Å². The van der Waals surface area contributed by atoms with E-state index in [0.29, 0.717) is 0 Å². The van der Waals surface area contributed by atoms with Crippen molar-refractivity contribution < 1.29 is 29.6 Å². The first-order valence-corrected chi connectivity index (χ1v) is 18.5. The van der Waals surface area contributed by atoms with Crippen LogP contribution in [-0.4, -0.2) is 51.6 Å². The Morgan fingerprint density at radius 2 is 0.907 bits per heavy atom. The Hall–Kier alpha value is -0.530. The molecule has 5 nitrogen and oxygen atoms in total. The van der Waals surface area contributed by atoms with Crippen molar-refractivity contribution in [2.45, 2.75) is 212 Å². The topological polar surface area (TPSA) is 90.2 Å². The highest BCUT2D eigenvalue weighted by Crippen LogP contribution is 2.25. The minimum atomic E-state index is -2.07. The van der Waals surface area contributed by atoms with E-state index in [1.807, 2.05) is 0 Å². The van der Waals surface area contributed by atoms with Gasteiger partial charge in [-0.15, -0.1) is 0 Å². The molecule has 258 valence electrons. The molecule has 0 rings (SSSR count). The fourth-order valence-electron chi connectivity index (χ4n) is 5.90. The van der Waals surface area contributed by atoms with E-state index in [0.717, 1.165) is 38.5 Å². The Kier molecular flexibility index (Phi) is 31.1. The van der Waals surface area contributed by atoms with Crippen LogP contribution in [-0.2, 0) is 4.74 Å². The van der Waals surface area contributed by atoms with Gasteiger partial charge in [0.15, 0.2) is 12.4 Å². The Morgan fingerprint density at radius 1 is 0.581 bits per heavy atom. The number of hydrogen-bond donors (Lipinski definition) is 4. The lowest BCUT2D eigenvalue weighted by Gasteiger charge is -2.26. The van der Waals surface area contributed by atoms with Crippen molar-refractivity contribution in [3.8, 4) is 0 Å². The number of allylic oxidation sites excluding steroid dienone is 1. The number of aliphatic hydroxyl groups excluding tert-OH is 3. The van der Waals surface area contributed by atoms with E-state index in [4.69, 9.17) is 4.74 Å². The van der Waals surface area contributed by atoms with Crippen molar-refractivity contribution >= 4 is 0 Å². The smallest absolute Gasteiger partial charge is 0.185 e. The van der Waals surface area contributed by atoms with E-state index in [2.05, 4.69) is 13.8 Å². The summed E-state index contributed by atoms with van der Waals surface area (Å²) in [4.78, 5) is 0. The van der Waals surface area contributed by atoms with Crippen molar-refractivity contribution in [3.63, 3.8) is 0 Å². The second kappa shape index (κ2) is 31.5. The van der Waals surface area contributed by atoms with Gasteiger partial charge in [0.2, 0.25) is 0 Å². The summed E-state index contributed by atoms with van der Waals surface area (Å²) in [5.74, 6) is -0.716. The van der Waals surface area contributed by atoms with Crippen LogP contribution in [0.2, 0.25) is 0 Å². The zero-order valence-corrected chi connectivity index (χ0v) is 28.6. The normalized spacial score (nSPS) is 14.6. The summed E-state index contributed by atoms with van der Waals surface area (Å²) in [5.41, 5.74) is 0. The van der Waals surface area contributed by atoms with Gasteiger partial charge in [-0.1, -0.05) is 168 Å². The van der Waals surface area contributed by atoms with Gasteiger partial charge in [0, 0.05) is 0 Å². The summed E-state index contributed by atoms with van der Waals surface area (Å²) in [7, 11) is 0. The van der Waals surface area contributed by atoms with Gasteiger partial charge >= 0.3 is 0 Å². The van der Waals surface area contributed by atoms with Gasteiger partial charge in [-0.3, -0.25) is 0 Å². The van der Waals surface area contributed by atoms with Crippen LogP contribution in [0.5, 0.6) is 0 Å². The Balaban J connectivity index is 4.60. The molecule has 0 saturated heterocycles. The first kappa shape index (κ1) is 42.5. The lowest BCUT2D eigenvalue weighted by Crippen LogP contribution is -2.39. The van der Waals surface area contributed by atoms with Gasteiger partial charge in [0.1, 0.15) is 11.9 Å². The third-order valence-corrected chi connectivity index (χ3v) is 8.83. The number of ether oxygens (including phenoxy) is 1. The fourth-order valence-corrected chi connectivity index (χ4v) is 5.90. The third-order valence-electron chi connectivity index (χ3n) is 8.83. The molecule has 0 spiro atoms. The van der Waals surface area contributed by atoms with Gasteiger partial charge in [-0.2, -0.15) is 0 Å². The van der Waals surface area contributed by atoms with Crippen LogP contribution in [0.25, 0.3) is 0 Å². The number of aliphatic hydroxyl groups is 4. The molecule has 4 N–H and O–H groups in total. The highest BCUT2D eigenvalue weighted by atomic mass is 19.1. The molecule has 0 aliphatic carbocycles. The highest BCUT2D eigenvalue weighted by Gasteiger charge is 2.29. The lowest BCUT2D eigenvalue weighted by molar-refractivity contribution is -0.177. The maximum Gasteiger partial charge on any atom is 0.185 e. The summed E-state index contributed by atoms with van der Waals surface area (Å²) >= 11 is 0. The van der Waals surface area contributed by atoms with Crippen molar-refractivity contribution in [1.82, 2.24) is 0 Å². The van der Waals surface area contributed by atoms with E-state index in [1.165, 1.54) is 141 Å². The van der Waals surface area contributed by atoms with Gasteiger partial charge in [0.25, 0.3) is 0 Å². The molecular weight excluding hydrogens is 543 g/mol. The minimum Gasteiger partial charge on any atom is -0.394 e. The molecule has 0 amide bonds. The van der Waals surface area contributed by atoms with Gasteiger partial charge in [0.05, 0.1) is 12.7 Å². The van der Waals surface area contributed by atoms with Crippen molar-refractivity contribution in [3.05, 3.63) is 11.9 Å². The first-order valence-electron chi connectivity index (χ1n) is 18.5. The Labute approximate surface area is 266 Å². The predicted molar refractivity (Wildman–Crippen MR) is 180 cm³/mol. The van der Waals surface area contributed by atoms with Crippen LogP contribution >= 0.6 is 0 Å². The Morgan fingerprint density at radius 3 is 1.19 bits per heavy atom. The molecule has 0 radical (unpaired) electrons. The fraction of sp³-hybridized carbons (Fsp3) is 0.946. The van der Waals surface area contributed by atoms with E-state index in [9.17, 15) is 20.4 Å². The largest absolute Gasteiger partial charge is 0.394 e. The summed E-state index contributed by atoms with van der Waals surface area (Å²) in [6.45, 7) is 5.40. The average molecular weight is 617 g/mol. The molecule has 0 saturated carbocycles. The molecule has 0 aliphatic rings. The summed E-state index contributed by atoms with van der Waals surface area (Å²) < 4.78 is 20.6. The van der Waals surface area contributed by atoms with Gasteiger partial charge in [-0.25, -0.2) is 4.39 Å². The van der Waals surface area contributed by atoms with Crippen LogP contribution < -0.4 is 0 Å². The Bertz CT molecular complexity index is 570. The number of halogens is 1. The second-order valence-electron chi connectivity index (χ2n) is 13.1. The van der Waals surface area contributed by atoms with Gasteiger partial charge < -0.3 is 25.2 Å². The number of unbranched alkanes of at least 4 members (excludes halogenated alkanes) is 22. The maximum absolute atomic E-state index is 15.3. The maximum atomic E-state index is 15.3. The SMILES string of the molecule is CCCCCCCCCCCCCCC(/C=C(\F)C(OC(CO)C(C)O)C(O)O)CCCCCCCCCCCCCC. The van der Waals surface area contributed by atoms with Crippen molar-refractivity contribution in [1.29, 1.82) is 0 Å². The molecular formula is C37H73FO5. The zero-order valence-electron chi connectivity index (χ0n) is 28.6. The molecule has 0 fully saturated rings. The van der Waals surface area contributed by atoms with Crippen LogP contribution in [0.4, 0.5) is 4.39 Å². The lowest BCUT2D eigenvalue weighted by atomic mass is 9.93. The van der Waals surface area contributed by atoms with E-state index >= 15 is 4.39 Å². The van der Waals surface area contributed by atoms with Crippen LogP contribution in [0.15, 0.2) is 11.9 Å². The number of hydrogen-bond acceptors (Lipinski definition) is 5. The molecule has 3 unspecified atom stereocenters. The molecule has 0 aromatic rings. The summed E-state index contributed by atoms with van der Waals surface area (Å²) in [6, 6.07) is 0. The summed E-state index contributed by atoms with van der Waals surface area (Å²) in [6.07, 6.45) is 28.2. The predicted octanol–water partition coefficient (Wildman–Crippen LogP) is 10.1. The highest BCUT2D eigenvalue weighted by molar-refractivity contribution is 5.04. The molecule has 6 heteroatoms. The zero-order chi connectivity index (χ0) is 32.0. The third kappa shape index (κ3) is 26.4. The van der Waals surface area contributed by atoms with Crippen LogP contribution in [0, 0.1) is 5.92 Å². The van der Waals surface area contributed by atoms with E-state index in [-0.39, 0.29) is 5.92 Å². The standard InChI is InChI=1S/C37H73FO5/c1-4-6-8-10-12-14-16-18-20-22-24-26-28-33(29-27-25-23-21-19-17-15-13-11-9-7-5-2)30-34(38)36(37(41)42)43-35(31-39)32(3)40/h30,32-33,35-37,39-42H,4-29,31H2,1-3H3/b34-30-. The second-order valence-corrected chi connectivity index (χ2v) is 13.1. The molecule has 0 aliphatic heterocycles. The summed E-state index contributed by atoms with van der Waals surface area (Å²) in [5, 5.41) is 38.8. The quantitative estimate of drug-likeness (QED) is 0.0435. The monoisotopic (exact) mass is 617 g/mol.